The van der Waals surface area contributed by atoms with Crippen molar-refractivity contribution in [3.05, 3.63) is 34.8 Å². The zero-order valence-electron chi connectivity index (χ0n) is 7.40. The number of benzene rings is 1. The molecule has 78 valence electrons. The zero-order chi connectivity index (χ0) is 10.0. The third-order valence-corrected chi connectivity index (χ3v) is 2.47. The van der Waals surface area contributed by atoms with Crippen LogP contribution >= 0.6 is 28.3 Å². The minimum Gasteiger partial charge on any atom is -0.505 e. The fourth-order valence-corrected chi connectivity index (χ4v) is 1.62. The summed E-state index contributed by atoms with van der Waals surface area (Å²) in [5.74, 6) is 0.0155. The van der Waals surface area contributed by atoms with E-state index in [-0.39, 0.29) is 18.2 Å². The maximum atomic E-state index is 9.60. The van der Waals surface area contributed by atoms with E-state index in [1.807, 2.05) is 0 Å². The maximum Gasteiger partial charge on any atom is 0.144 e. The minimum absolute atomic E-state index is 0. The highest BCUT2D eigenvalue weighted by Gasteiger charge is 2.13. The topological polar surface area (TPSA) is 72.3 Å². The van der Waals surface area contributed by atoms with Gasteiger partial charge in [0.05, 0.1) is 11.7 Å². The Bertz CT molecular complexity index is 344. The molecule has 0 spiro atoms. The van der Waals surface area contributed by atoms with Crippen molar-refractivity contribution < 1.29 is 5.11 Å². The number of hydrogen-bond acceptors (Lipinski definition) is 3. The summed E-state index contributed by atoms with van der Waals surface area (Å²) >= 11 is 3.28. The molecule has 0 fully saturated rings. The molecule has 14 heavy (non-hydrogen) atoms. The van der Waals surface area contributed by atoms with E-state index >= 15 is 0 Å². The van der Waals surface area contributed by atoms with E-state index in [9.17, 15) is 5.11 Å². The second-order valence-electron chi connectivity index (χ2n) is 2.66. The summed E-state index contributed by atoms with van der Waals surface area (Å²) in [6.45, 7) is 3.55. The number of phenolic OH excluding ortho intramolecular Hbond substituents is 1. The van der Waals surface area contributed by atoms with Gasteiger partial charge in [0.2, 0.25) is 0 Å². The quantitative estimate of drug-likeness (QED) is 0.442. The summed E-state index contributed by atoms with van der Waals surface area (Å²) in [6, 6.07) is 2.94. The van der Waals surface area contributed by atoms with E-state index in [4.69, 9.17) is 11.5 Å². The van der Waals surface area contributed by atoms with Gasteiger partial charge in [0.1, 0.15) is 5.75 Å². The van der Waals surface area contributed by atoms with Crippen molar-refractivity contribution in [1.82, 2.24) is 0 Å². The van der Waals surface area contributed by atoms with Gasteiger partial charge >= 0.3 is 0 Å². The first-order chi connectivity index (χ1) is 6.07. The Morgan fingerprint density at radius 3 is 2.57 bits per heavy atom. The summed E-state index contributed by atoms with van der Waals surface area (Å²) < 4.78 is 0.728. The van der Waals surface area contributed by atoms with Gasteiger partial charge in [0.25, 0.3) is 0 Å². The molecule has 0 unspecified atom stereocenters. The molecule has 0 heterocycles. The zero-order valence-corrected chi connectivity index (χ0v) is 9.81. The molecule has 0 aromatic heterocycles. The molecule has 0 aliphatic rings. The third kappa shape index (κ3) is 2.41. The number of hydrogen-bond donors (Lipinski definition) is 3. The highest BCUT2D eigenvalue weighted by Crippen LogP contribution is 2.35. The van der Waals surface area contributed by atoms with Gasteiger partial charge in [0.15, 0.2) is 0 Å². The van der Waals surface area contributed by atoms with Crippen LogP contribution in [0.1, 0.15) is 11.6 Å². The second kappa shape index (κ2) is 5.24. The van der Waals surface area contributed by atoms with Crippen molar-refractivity contribution >= 4 is 34.0 Å². The lowest BCUT2D eigenvalue weighted by molar-refractivity contribution is 0.468. The van der Waals surface area contributed by atoms with Crippen LogP contribution in [0.15, 0.2) is 29.3 Å². The van der Waals surface area contributed by atoms with Crippen molar-refractivity contribution in [2.24, 2.45) is 5.73 Å². The van der Waals surface area contributed by atoms with E-state index in [1.165, 1.54) is 0 Å². The van der Waals surface area contributed by atoms with Crippen LogP contribution in [0.3, 0.4) is 0 Å². The number of nitrogens with two attached hydrogens (primary N) is 2. The van der Waals surface area contributed by atoms with E-state index in [2.05, 4.69) is 22.5 Å². The van der Waals surface area contributed by atoms with Crippen LogP contribution < -0.4 is 11.5 Å². The SMILES string of the molecule is C=C[C@@H](N)c1c(Br)ccc(N)c1O.Cl. The van der Waals surface area contributed by atoms with Crippen LogP contribution in [0.5, 0.6) is 5.75 Å². The molecule has 0 saturated heterocycles. The van der Waals surface area contributed by atoms with Crippen molar-refractivity contribution in [1.29, 1.82) is 0 Å². The fourth-order valence-electron chi connectivity index (χ4n) is 1.04. The molecule has 1 aromatic carbocycles. The van der Waals surface area contributed by atoms with E-state index in [1.54, 1.807) is 18.2 Å². The number of rotatable bonds is 2. The van der Waals surface area contributed by atoms with Crippen LogP contribution in [-0.4, -0.2) is 5.11 Å². The molecular weight excluding hydrogens is 267 g/mol. The number of anilines is 1. The van der Waals surface area contributed by atoms with Gasteiger partial charge in [-0.25, -0.2) is 0 Å². The Balaban J connectivity index is 0.00000169. The van der Waals surface area contributed by atoms with Gasteiger partial charge in [0, 0.05) is 10.0 Å². The standard InChI is InChI=1S/C9H11BrN2O.ClH/c1-2-6(11)8-5(10)3-4-7(12)9(8)13;/h2-4,6,13H,1,11-12H2;1H/t6-;/m1./s1. The maximum absolute atomic E-state index is 9.60. The number of aromatic hydroxyl groups is 1. The summed E-state index contributed by atoms with van der Waals surface area (Å²) in [6.07, 6.45) is 1.54. The van der Waals surface area contributed by atoms with Gasteiger partial charge in [-0.2, -0.15) is 0 Å². The molecule has 1 rings (SSSR count). The van der Waals surface area contributed by atoms with Gasteiger partial charge < -0.3 is 16.6 Å². The summed E-state index contributed by atoms with van der Waals surface area (Å²) in [5, 5.41) is 9.60. The number of phenols is 1. The molecule has 0 aliphatic heterocycles. The van der Waals surface area contributed by atoms with Crippen molar-refractivity contribution in [3.8, 4) is 5.75 Å². The van der Waals surface area contributed by atoms with Crippen molar-refractivity contribution in [3.63, 3.8) is 0 Å². The molecule has 0 saturated carbocycles. The molecular formula is C9H12BrClN2O. The molecule has 1 atom stereocenters. The van der Waals surface area contributed by atoms with Gasteiger partial charge in [-0.15, -0.1) is 19.0 Å². The van der Waals surface area contributed by atoms with Gasteiger partial charge in [-0.3, -0.25) is 0 Å². The lowest BCUT2D eigenvalue weighted by Gasteiger charge is -2.12. The first-order valence-electron chi connectivity index (χ1n) is 3.73. The highest BCUT2D eigenvalue weighted by atomic mass is 79.9. The van der Waals surface area contributed by atoms with Crippen LogP contribution in [0.25, 0.3) is 0 Å². The lowest BCUT2D eigenvalue weighted by Crippen LogP contribution is -2.08. The average Bonchev–Trinajstić information content (AvgIpc) is 2.12. The largest absolute Gasteiger partial charge is 0.505 e. The smallest absolute Gasteiger partial charge is 0.144 e. The van der Waals surface area contributed by atoms with Crippen molar-refractivity contribution in [2.75, 3.05) is 5.73 Å². The molecule has 5 heteroatoms. The molecule has 1 aromatic rings. The summed E-state index contributed by atoms with van der Waals surface area (Å²) in [4.78, 5) is 0. The van der Waals surface area contributed by atoms with E-state index in [0.717, 1.165) is 4.47 Å². The normalized spacial score (nSPS) is 11.6. The molecule has 0 bridgehead atoms. The number of halogens is 2. The Kier molecular flexibility index (Phi) is 4.97. The molecule has 0 aliphatic carbocycles. The molecule has 0 amide bonds. The summed E-state index contributed by atoms with van der Waals surface area (Å²) in [5.41, 5.74) is 12.1. The van der Waals surface area contributed by atoms with Gasteiger partial charge in [-0.1, -0.05) is 22.0 Å². The first-order valence-corrected chi connectivity index (χ1v) is 4.52. The Morgan fingerprint density at radius 1 is 1.50 bits per heavy atom. The van der Waals surface area contributed by atoms with E-state index < -0.39 is 6.04 Å². The monoisotopic (exact) mass is 278 g/mol. The van der Waals surface area contributed by atoms with Crippen LogP contribution in [0, 0.1) is 0 Å². The Labute approximate surface area is 97.3 Å². The Morgan fingerprint density at radius 2 is 2.07 bits per heavy atom. The predicted molar refractivity (Wildman–Crippen MR) is 64.6 cm³/mol. The summed E-state index contributed by atoms with van der Waals surface area (Å²) in [7, 11) is 0. The second-order valence-corrected chi connectivity index (χ2v) is 3.51. The number of nitrogen functional groups attached to an aromatic ring is 1. The van der Waals surface area contributed by atoms with Crippen LogP contribution in [0.2, 0.25) is 0 Å². The third-order valence-electron chi connectivity index (χ3n) is 1.78. The van der Waals surface area contributed by atoms with Crippen molar-refractivity contribution in [2.45, 2.75) is 6.04 Å². The van der Waals surface area contributed by atoms with Crippen LogP contribution in [0.4, 0.5) is 5.69 Å². The highest BCUT2D eigenvalue weighted by molar-refractivity contribution is 9.10. The average molecular weight is 280 g/mol. The van der Waals surface area contributed by atoms with Crippen LogP contribution in [-0.2, 0) is 0 Å². The first kappa shape index (κ1) is 13.3. The fraction of sp³-hybridized carbons (Fsp3) is 0.111. The molecule has 0 radical (unpaired) electrons. The van der Waals surface area contributed by atoms with Gasteiger partial charge in [-0.05, 0) is 12.1 Å². The lowest BCUT2D eigenvalue weighted by atomic mass is 10.1. The molecule has 5 N–H and O–H groups in total. The minimum atomic E-state index is -0.419. The van der Waals surface area contributed by atoms with E-state index in [0.29, 0.717) is 11.3 Å². The predicted octanol–water partition coefficient (Wildman–Crippen LogP) is 2.34. The Hall–Kier alpha value is -0.710. The molecule has 3 nitrogen and oxygen atoms in total.